The van der Waals surface area contributed by atoms with Crippen molar-refractivity contribution >= 4 is 103 Å². The first-order valence-corrected chi connectivity index (χ1v) is 21.1. The molecule has 0 spiro atoms. The van der Waals surface area contributed by atoms with E-state index in [0.29, 0.717) is 0 Å². The molecule has 54 heavy (non-hydrogen) atoms. The minimum atomic E-state index is 0.731. The van der Waals surface area contributed by atoms with Crippen molar-refractivity contribution in [1.82, 2.24) is 0 Å². The van der Waals surface area contributed by atoms with Crippen molar-refractivity contribution in [3.05, 3.63) is 181 Å². The van der Waals surface area contributed by atoms with Gasteiger partial charge in [0.2, 0.25) is 0 Å². The Bertz CT molecular complexity index is 2980. The fourth-order valence-corrected chi connectivity index (χ4v) is 10.6. The first-order valence-electron chi connectivity index (χ1n) is 17.9. The molecule has 5 heteroatoms. The maximum Gasteiger partial charge on any atom is 0.0646 e. The first kappa shape index (κ1) is 33.2. The van der Waals surface area contributed by atoms with Gasteiger partial charge in [0.25, 0.3) is 0 Å². The average molecular weight is 766 g/mol. The second-order valence-corrected chi connectivity index (χ2v) is 16.8. The lowest BCUT2D eigenvalue weighted by atomic mass is 9.98. The van der Waals surface area contributed by atoms with Crippen molar-refractivity contribution in [3.63, 3.8) is 0 Å². The van der Waals surface area contributed by atoms with Crippen LogP contribution in [0.25, 0.3) is 73.7 Å². The van der Waals surface area contributed by atoms with Gasteiger partial charge < -0.3 is 4.90 Å². The molecule has 1 nitrogen and oxygen atoms in total. The molecular formula is C49H32ClNS3. The smallest absolute Gasteiger partial charge is 0.0646 e. The van der Waals surface area contributed by atoms with E-state index in [-0.39, 0.29) is 0 Å². The van der Waals surface area contributed by atoms with Crippen LogP contribution in [0.4, 0.5) is 17.1 Å². The number of thiophene rings is 2. The lowest BCUT2D eigenvalue weighted by molar-refractivity contribution is 1.28. The maximum atomic E-state index is 6.42. The van der Waals surface area contributed by atoms with Crippen LogP contribution in [0.2, 0.25) is 5.02 Å². The van der Waals surface area contributed by atoms with E-state index in [2.05, 4.69) is 175 Å². The Hall–Kier alpha value is -5.36. The topological polar surface area (TPSA) is 3.24 Å². The summed E-state index contributed by atoms with van der Waals surface area (Å²) >= 11 is 11.9. The molecule has 8 aromatic carbocycles. The van der Waals surface area contributed by atoms with Gasteiger partial charge in [-0.3, -0.25) is 0 Å². The van der Waals surface area contributed by atoms with Gasteiger partial charge in [-0.1, -0.05) is 103 Å². The van der Waals surface area contributed by atoms with E-state index in [1.165, 1.54) is 67.5 Å². The number of hydrogen-bond acceptors (Lipinski definition) is 4. The number of thioether (sulfide) groups is 1. The van der Waals surface area contributed by atoms with Gasteiger partial charge in [0.1, 0.15) is 0 Å². The standard InChI is InChI=1S/C49H32ClNS3/c1-52-45-25-22-38(30-40(45)32-10-4-2-5-11-32)51(37-12-6-3-7-13-37)44-29-35(31-16-20-36(50)21-17-31)28-43-42-27-34(19-24-48(42)54-49(43)44)33-18-23-47-41(26-33)39-14-8-9-15-46(39)53-47/h2-30H,1H3. The van der Waals surface area contributed by atoms with Crippen LogP contribution in [0.1, 0.15) is 0 Å². The first-order chi connectivity index (χ1) is 26.6. The molecule has 0 aliphatic carbocycles. The van der Waals surface area contributed by atoms with Crippen molar-refractivity contribution < 1.29 is 0 Å². The number of para-hydroxylation sites is 1. The number of nitrogens with zero attached hydrogens (tertiary/aromatic N) is 1. The minimum Gasteiger partial charge on any atom is -0.309 e. The van der Waals surface area contributed by atoms with Crippen LogP contribution in [0.3, 0.4) is 0 Å². The summed E-state index contributed by atoms with van der Waals surface area (Å²) in [7, 11) is 0. The summed E-state index contributed by atoms with van der Waals surface area (Å²) in [5.74, 6) is 0. The highest BCUT2D eigenvalue weighted by atomic mass is 35.5. The largest absolute Gasteiger partial charge is 0.309 e. The molecule has 0 bridgehead atoms. The highest BCUT2D eigenvalue weighted by Gasteiger charge is 2.22. The second-order valence-electron chi connectivity index (χ2n) is 13.4. The van der Waals surface area contributed by atoms with E-state index in [9.17, 15) is 0 Å². The number of hydrogen-bond donors (Lipinski definition) is 0. The third-order valence-electron chi connectivity index (χ3n) is 10.2. The Morgan fingerprint density at radius 1 is 0.444 bits per heavy atom. The van der Waals surface area contributed by atoms with Gasteiger partial charge >= 0.3 is 0 Å². The van der Waals surface area contributed by atoms with E-state index in [4.69, 9.17) is 11.6 Å². The maximum absolute atomic E-state index is 6.42. The number of anilines is 3. The quantitative estimate of drug-likeness (QED) is 0.149. The molecule has 0 aliphatic heterocycles. The van der Waals surface area contributed by atoms with Crippen LogP contribution in [0, 0.1) is 0 Å². The second kappa shape index (κ2) is 13.8. The van der Waals surface area contributed by atoms with Crippen molar-refractivity contribution in [3.8, 4) is 33.4 Å². The summed E-state index contributed by atoms with van der Waals surface area (Å²) in [6.45, 7) is 0. The number of rotatable bonds is 7. The number of halogens is 1. The molecule has 0 unspecified atom stereocenters. The number of fused-ring (bicyclic) bond motifs is 6. The lowest BCUT2D eigenvalue weighted by Crippen LogP contribution is -2.10. The molecule has 0 fully saturated rings. The fraction of sp³-hybridized carbons (Fsp3) is 0.0204. The Balaban J connectivity index is 1.22. The molecule has 2 heterocycles. The molecule has 10 aromatic rings. The van der Waals surface area contributed by atoms with Crippen LogP contribution in [-0.2, 0) is 0 Å². The highest BCUT2D eigenvalue weighted by molar-refractivity contribution is 7.98. The molecule has 0 aliphatic rings. The monoisotopic (exact) mass is 765 g/mol. The third kappa shape index (κ3) is 5.87. The van der Waals surface area contributed by atoms with Crippen LogP contribution in [0.5, 0.6) is 0 Å². The summed E-state index contributed by atoms with van der Waals surface area (Å²) in [6.07, 6.45) is 2.15. The van der Waals surface area contributed by atoms with Crippen molar-refractivity contribution in [2.45, 2.75) is 4.90 Å². The Kier molecular flexibility index (Phi) is 8.49. The predicted octanol–water partition coefficient (Wildman–Crippen LogP) is 16.3. The molecule has 0 amide bonds. The average Bonchev–Trinajstić information content (AvgIpc) is 3.79. The van der Waals surface area contributed by atoms with Crippen LogP contribution in [0.15, 0.2) is 181 Å². The molecule has 2 aromatic heterocycles. The summed E-state index contributed by atoms with van der Waals surface area (Å²) in [6, 6.07) is 64.0. The zero-order valence-corrected chi connectivity index (χ0v) is 32.5. The van der Waals surface area contributed by atoms with Gasteiger partial charge in [0.05, 0.1) is 10.4 Å². The van der Waals surface area contributed by atoms with Gasteiger partial charge in [-0.25, -0.2) is 0 Å². The summed E-state index contributed by atoms with van der Waals surface area (Å²) in [5.41, 5.74) is 10.5. The molecule has 10 rings (SSSR count). The summed E-state index contributed by atoms with van der Waals surface area (Å²) in [5, 5.41) is 5.87. The Morgan fingerprint density at radius 3 is 1.80 bits per heavy atom. The molecule has 0 radical (unpaired) electrons. The van der Waals surface area contributed by atoms with E-state index in [1.807, 2.05) is 34.8 Å². The van der Waals surface area contributed by atoms with Gasteiger partial charge in [0, 0.05) is 56.9 Å². The zero-order chi connectivity index (χ0) is 36.2. The normalized spacial score (nSPS) is 11.6. The molecule has 258 valence electrons. The Labute approximate surface area is 331 Å². The minimum absolute atomic E-state index is 0.731. The predicted molar refractivity (Wildman–Crippen MR) is 240 cm³/mol. The highest BCUT2D eigenvalue weighted by Crippen LogP contribution is 2.49. The summed E-state index contributed by atoms with van der Waals surface area (Å²) < 4.78 is 5.16. The van der Waals surface area contributed by atoms with Crippen LogP contribution >= 0.6 is 46.0 Å². The third-order valence-corrected chi connectivity index (χ3v) is 13.6. The lowest BCUT2D eigenvalue weighted by Gasteiger charge is -2.28. The molecule has 0 saturated carbocycles. The summed E-state index contributed by atoms with van der Waals surface area (Å²) in [4.78, 5) is 3.69. The van der Waals surface area contributed by atoms with Gasteiger partial charge in [-0.2, -0.15) is 0 Å². The van der Waals surface area contributed by atoms with Crippen molar-refractivity contribution in [1.29, 1.82) is 0 Å². The molecule has 0 saturated heterocycles. The Morgan fingerprint density at radius 2 is 1.06 bits per heavy atom. The van der Waals surface area contributed by atoms with Crippen LogP contribution in [-0.4, -0.2) is 6.26 Å². The van der Waals surface area contributed by atoms with Crippen molar-refractivity contribution in [2.75, 3.05) is 11.2 Å². The van der Waals surface area contributed by atoms with E-state index in [0.717, 1.165) is 33.2 Å². The zero-order valence-electron chi connectivity index (χ0n) is 29.3. The van der Waals surface area contributed by atoms with E-state index < -0.39 is 0 Å². The van der Waals surface area contributed by atoms with Gasteiger partial charge in [-0.05, 0) is 125 Å². The van der Waals surface area contributed by atoms with Crippen LogP contribution < -0.4 is 4.90 Å². The SMILES string of the molecule is CSc1ccc(N(c2ccccc2)c2cc(-c3ccc(Cl)cc3)cc3c2sc2ccc(-c4ccc5sc6ccccc6c5c4)cc23)cc1-c1ccccc1. The van der Waals surface area contributed by atoms with E-state index in [1.54, 1.807) is 11.8 Å². The van der Waals surface area contributed by atoms with E-state index >= 15 is 0 Å². The molecule has 0 atom stereocenters. The fourth-order valence-electron chi connectivity index (χ4n) is 7.60. The van der Waals surface area contributed by atoms with Gasteiger partial charge in [0.15, 0.2) is 0 Å². The molecular weight excluding hydrogens is 734 g/mol. The number of benzene rings is 8. The van der Waals surface area contributed by atoms with Gasteiger partial charge in [-0.15, -0.1) is 34.4 Å². The van der Waals surface area contributed by atoms with Crippen molar-refractivity contribution in [2.24, 2.45) is 0 Å². The molecule has 0 N–H and O–H groups in total.